The lowest BCUT2D eigenvalue weighted by molar-refractivity contribution is 0.321. The minimum atomic E-state index is -0.407. The third-order valence-electron chi connectivity index (χ3n) is 2.14. The highest BCUT2D eigenvalue weighted by Gasteiger charge is 2.05. The maximum absolute atomic E-state index is 13.6. The molecule has 2 aromatic rings. The van der Waals surface area contributed by atoms with E-state index in [9.17, 15) is 4.39 Å². The van der Waals surface area contributed by atoms with Crippen molar-refractivity contribution >= 4 is 27.4 Å². The standard InChI is InChI=1S/C12H11BrFN3O/c1-2-18-10-4-3-8(5-9(10)14)17-12-6-11(13)15-7-16-12/h3-7H,2H2,1H3,(H,15,16,17). The fourth-order valence-electron chi connectivity index (χ4n) is 1.40. The first-order valence-corrected chi connectivity index (χ1v) is 6.15. The molecule has 0 fully saturated rings. The first kappa shape index (κ1) is 12.8. The van der Waals surface area contributed by atoms with E-state index in [-0.39, 0.29) is 5.75 Å². The summed E-state index contributed by atoms with van der Waals surface area (Å²) in [5, 5.41) is 2.98. The number of hydrogen-bond donors (Lipinski definition) is 1. The molecule has 0 radical (unpaired) electrons. The predicted octanol–water partition coefficient (Wildman–Crippen LogP) is 3.52. The summed E-state index contributed by atoms with van der Waals surface area (Å²) in [5.41, 5.74) is 0.599. The SMILES string of the molecule is CCOc1ccc(Nc2cc(Br)ncn2)cc1F. The van der Waals surface area contributed by atoms with Gasteiger partial charge in [-0.3, -0.25) is 0 Å². The number of nitrogens with zero attached hydrogens (tertiary/aromatic N) is 2. The molecule has 0 saturated heterocycles. The monoisotopic (exact) mass is 311 g/mol. The van der Waals surface area contributed by atoms with Gasteiger partial charge in [0.1, 0.15) is 16.7 Å². The summed E-state index contributed by atoms with van der Waals surface area (Å²) >= 11 is 3.24. The second-order valence-electron chi connectivity index (χ2n) is 3.43. The smallest absolute Gasteiger partial charge is 0.167 e. The van der Waals surface area contributed by atoms with Crippen molar-refractivity contribution in [3.05, 3.63) is 41.0 Å². The Hall–Kier alpha value is -1.69. The Labute approximate surface area is 112 Å². The lowest BCUT2D eigenvalue weighted by atomic mass is 10.3. The second kappa shape index (κ2) is 5.77. The van der Waals surface area contributed by atoms with Gasteiger partial charge in [0.05, 0.1) is 6.61 Å². The summed E-state index contributed by atoms with van der Waals surface area (Å²) in [6, 6.07) is 6.37. The molecule has 0 spiro atoms. The van der Waals surface area contributed by atoms with Crippen LogP contribution >= 0.6 is 15.9 Å². The van der Waals surface area contributed by atoms with Gasteiger partial charge in [0, 0.05) is 17.8 Å². The van der Waals surface area contributed by atoms with Gasteiger partial charge in [-0.15, -0.1) is 0 Å². The zero-order valence-corrected chi connectivity index (χ0v) is 11.2. The van der Waals surface area contributed by atoms with E-state index in [4.69, 9.17) is 4.74 Å². The first-order chi connectivity index (χ1) is 8.69. The van der Waals surface area contributed by atoms with Gasteiger partial charge in [-0.1, -0.05) is 0 Å². The van der Waals surface area contributed by atoms with Gasteiger partial charge in [-0.25, -0.2) is 14.4 Å². The van der Waals surface area contributed by atoms with Crippen molar-refractivity contribution in [2.45, 2.75) is 6.92 Å². The Morgan fingerprint density at radius 2 is 2.17 bits per heavy atom. The van der Waals surface area contributed by atoms with Crippen molar-refractivity contribution in [1.82, 2.24) is 9.97 Å². The van der Waals surface area contributed by atoms with Crippen molar-refractivity contribution < 1.29 is 9.13 Å². The molecule has 1 aromatic carbocycles. The number of halogens is 2. The molecule has 1 aromatic heterocycles. The molecule has 4 nitrogen and oxygen atoms in total. The Morgan fingerprint density at radius 3 is 2.83 bits per heavy atom. The second-order valence-corrected chi connectivity index (χ2v) is 4.24. The van der Waals surface area contributed by atoms with Gasteiger partial charge in [-0.2, -0.15) is 0 Å². The molecular weight excluding hydrogens is 301 g/mol. The Morgan fingerprint density at radius 1 is 1.33 bits per heavy atom. The minimum absolute atomic E-state index is 0.243. The summed E-state index contributed by atoms with van der Waals surface area (Å²) in [7, 11) is 0. The van der Waals surface area contributed by atoms with Crippen molar-refractivity contribution in [3.8, 4) is 5.75 Å². The Bertz CT molecular complexity index is 551. The third kappa shape index (κ3) is 3.16. The fraction of sp³-hybridized carbons (Fsp3) is 0.167. The molecule has 94 valence electrons. The molecule has 1 heterocycles. The zero-order valence-electron chi connectivity index (χ0n) is 9.65. The summed E-state index contributed by atoms with van der Waals surface area (Å²) in [4.78, 5) is 7.93. The largest absolute Gasteiger partial charge is 0.491 e. The molecule has 2 rings (SSSR count). The maximum atomic E-state index is 13.6. The van der Waals surface area contributed by atoms with Crippen LogP contribution in [0.3, 0.4) is 0 Å². The number of nitrogens with one attached hydrogen (secondary N) is 1. The van der Waals surface area contributed by atoms with Gasteiger partial charge >= 0.3 is 0 Å². The number of aromatic nitrogens is 2. The van der Waals surface area contributed by atoms with Crippen molar-refractivity contribution in [3.63, 3.8) is 0 Å². The van der Waals surface area contributed by atoms with Crippen LogP contribution in [0.25, 0.3) is 0 Å². The Kier molecular flexibility index (Phi) is 4.09. The van der Waals surface area contributed by atoms with Crippen LogP contribution in [-0.2, 0) is 0 Å². The van der Waals surface area contributed by atoms with E-state index in [2.05, 4.69) is 31.2 Å². The quantitative estimate of drug-likeness (QED) is 0.878. The number of ether oxygens (including phenoxy) is 1. The summed E-state index contributed by atoms with van der Waals surface area (Å²) in [6.07, 6.45) is 1.41. The molecule has 0 aliphatic heterocycles. The van der Waals surface area contributed by atoms with E-state index in [0.29, 0.717) is 22.7 Å². The molecular formula is C12H11BrFN3O. The average molecular weight is 312 g/mol. The summed E-state index contributed by atoms with van der Waals surface area (Å²) in [5.74, 6) is 0.419. The highest BCUT2D eigenvalue weighted by molar-refractivity contribution is 9.10. The number of anilines is 2. The van der Waals surface area contributed by atoms with E-state index in [0.717, 1.165) is 0 Å². The molecule has 18 heavy (non-hydrogen) atoms. The van der Waals surface area contributed by atoms with E-state index in [1.807, 2.05) is 6.92 Å². The molecule has 0 bridgehead atoms. The van der Waals surface area contributed by atoms with Crippen LogP contribution in [0.4, 0.5) is 15.9 Å². The van der Waals surface area contributed by atoms with Gasteiger partial charge in [0.15, 0.2) is 11.6 Å². The van der Waals surface area contributed by atoms with Crippen LogP contribution in [0.5, 0.6) is 5.75 Å². The predicted molar refractivity (Wildman–Crippen MR) is 70.6 cm³/mol. The van der Waals surface area contributed by atoms with E-state index >= 15 is 0 Å². The topological polar surface area (TPSA) is 47.0 Å². The van der Waals surface area contributed by atoms with E-state index in [1.165, 1.54) is 12.4 Å². The summed E-state index contributed by atoms with van der Waals surface area (Å²) in [6.45, 7) is 2.24. The van der Waals surface area contributed by atoms with E-state index < -0.39 is 5.82 Å². The van der Waals surface area contributed by atoms with Crippen molar-refractivity contribution in [2.24, 2.45) is 0 Å². The van der Waals surface area contributed by atoms with Crippen LogP contribution in [0, 0.1) is 5.82 Å². The maximum Gasteiger partial charge on any atom is 0.167 e. The van der Waals surface area contributed by atoms with Crippen LogP contribution in [0.15, 0.2) is 35.2 Å². The molecule has 0 aliphatic carbocycles. The van der Waals surface area contributed by atoms with Gasteiger partial charge in [-0.05, 0) is 35.0 Å². The highest BCUT2D eigenvalue weighted by Crippen LogP contribution is 2.23. The molecule has 0 aliphatic rings. The van der Waals surface area contributed by atoms with Crippen molar-refractivity contribution in [1.29, 1.82) is 0 Å². The third-order valence-corrected chi connectivity index (χ3v) is 2.57. The molecule has 6 heteroatoms. The number of benzene rings is 1. The van der Waals surface area contributed by atoms with E-state index in [1.54, 1.807) is 18.2 Å². The summed E-state index contributed by atoms with van der Waals surface area (Å²) < 4.78 is 19.4. The van der Waals surface area contributed by atoms with Crippen LogP contribution in [0.1, 0.15) is 6.92 Å². The number of rotatable bonds is 4. The normalized spacial score (nSPS) is 10.2. The van der Waals surface area contributed by atoms with Crippen LogP contribution < -0.4 is 10.1 Å². The highest BCUT2D eigenvalue weighted by atomic mass is 79.9. The molecule has 1 N–H and O–H groups in total. The van der Waals surface area contributed by atoms with Crippen LogP contribution in [0.2, 0.25) is 0 Å². The lowest BCUT2D eigenvalue weighted by Crippen LogP contribution is -1.97. The molecule has 0 unspecified atom stereocenters. The van der Waals surface area contributed by atoms with Crippen molar-refractivity contribution in [2.75, 3.05) is 11.9 Å². The lowest BCUT2D eigenvalue weighted by Gasteiger charge is -2.08. The zero-order chi connectivity index (χ0) is 13.0. The molecule has 0 atom stereocenters. The van der Waals surface area contributed by atoms with Crippen LogP contribution in [-0.4, -0.2) is 16.6 Å². The van der Waals surface area contributed by atoms with Gasteiger partial charge < -0.3 is 10.1 Å². The van der Waals surface area contributed by atoms with Gasteiger partial charge in [0.25, 0.3) is 0 Å². The fourth-order valence-corrected chi connectivity index (χ4v) is 1.71. The van der Waals surface area contributed by atoms with Gasteiger partial charge in [0.2, 0.25) is 0 Å². The number of hydrogen-bond acceptors (Lipinski definition) is 4. The molecule has 0 amide bonds. The molecule has 0 saturated carbocycles. The average Bonchev–Trinajstić information content (AvgIpc) is 2.33. The Balaban J connectivity index is 2.17. The minimum Gasteiger partial charge on any atom is -0.491 e. The first-order valence-electron chi connectivity index (χ1n) is 5.36.